The lowest BCUT2D eigenvalue weighted by Gasteiger charge is -2.20. The second-order valence-electron chi connectivity index (χ2n) is 6.60. The molecule has 1 heterocycles. The summed E-state index contributed by atoms with van der Waals surface area (Å²) in [6.07, 6.45) is 5.82. The molecule has 1 aliphatic heterocycles. The van der Waals surface area contributed by atoms with Crippen molar-refractivity contribution in [1.29, 1.82) is 0 Å². The van der Waals surface area contributed by atoms with Gasteiger partial charge in [0.1, 0.15) is 0 Å². The number of rotatable bonds is 11. The van der Waals surface area contributed by atoms with Crippen LogP contribution in [0.1, 0.15) is 39.0 Å². The summed E-state index contributed by atoms with van der Waals surface area (Å²) in [5.41, 5.74) is 0. The zero-order valence-electron chi connectivity index (χ0n) is 16.6. The van der Waals surface area contributed by atoms with E-state index in [-0.39, 0.29) is 24.0 Å². The lowest BCUT2D eigenvalue weighted by atomic mass is 10.3. The van der Waals surface area contributed by atoms with Crippen molar-refractivity contribution in [3.63, 3.8) is 0 Å². The Hall–Kier alpha value is -0.120. The number of ether oxygens (including phenoxy) is 1. The molecule has 0 aromatic rings. The van der Waals surface area contributed by atoms with E-state index in [2.05, 4.69) is 39.4 Å². The van der Waals surface area contributed by atoms with E-state index in [1.165, 1.54) is 45.6 Å². The van der Waals surface area contributed by atoms with Crippen LogP contribution in [0, 0.1) is 0 Å². The number of hydrogen-bond donors (Lipinski definition) is 2. The lowest BCUT2D eigenvalue weighted by Crippen LogP contribution is -2.39. The van der Waals surface area contributed by atoms with Gasteiger partial charge in [-0.25, -0.2) is 0 Å². The van der Waals surface area contributed by atoms with Crippen LogP contribution in [-0.2, 0) is 4.74 Å². The monoisotopic (exact) mass is 469 g/mol. The Kier molecular flexibility index (Phi) is 17.2. The molecule has 1 rings (SSSR count). The van der Waals surface area contributed by atoms with Crippen molar-refractivity contribution < 1.29 is 4.74 Å². The molecule has 1 aliphatic rings. The largest absolute Gasteiger partial charge is 0.381 e. The molecule has 0 unspecified atom stereocenters. The first-order chi connectivity index (χ1) is 11.8. The van der Waals surface area contributed by atoms with E-state index in [1.54, 1.807) is 0 Å². The molecule has 0 aliphatic carbocycles. The Balaban J connectivity index is 0.00000576. The highest BCUT2D eigenvalue weighted by atomic mass is 127. The molecule has 6 nitrogen and oxygen atoms in total. The second-order valence-corrected chi connectivity index (χ2v) is 6.60. The standard InChI is InChI=1S/C18H39N5O.HI/c1-4-5-16-24-17-7-10-21-18(19-2)20-9-6-12-23-13-8-11-22(3)14-15-23;/h4-17H2,1-3H3,(H2,19,20,21);1H. The van der Waals surface area contributed by atoms with Crippen LogP contribution in [0.25, 0.3) is 0 Å². The first-order valence-corrected chi connectivity index (χ1v) is 9.69. The Labute approximate surface area is 172 Å². The van der Waals surface area contributed by atoms with Gasteiger partial charge in [-0.2, -0.15) is 0 Å². The molecule has 0 atom stereocenters. The molecule has 0 aromatic heterocycles. The third-order valence-electron chi connectivity index (χ3n) is 4.38. The van der Waals surface area contributed by atoms with E-state index in [1.807, 2.05) is 7.05 Å². The van der Waals surface area contributed by atoms with Crippen LogP contribution >= 0.6 is 24.0 Å². The van der Waals surface area contributed by atoms with Gasteiger partial charge in [-0.15, -0.1) is 24.0 Å². The zero-order valence-corrected chi connectivity index (χ0v) is 18.9. The normalized spacial score (nSPS) is 17.0. The fraction of sp³-hybridized carbons (Fsp3) is 0.944. The number of nitrogens with one attached hydrogen (secondary N) is 2. The highest BCUT2D eigenvalue weighted by Gasteiger charge is 2.11. The Morgan fingerprint density at radius 3 is 2.44 bits per heavy atom. The SMILES string of the molecule is CCCCOCCCNC(=NC)NCCCN1CCCN(C)CC1.I. The van der Waals surface area contributed by atoms with E-state index < -0.39 is 0 Å². The van der Waals surface area contributed by atoms with Crippen LogP contribution in [0.3, 0.4) is 0 Å². The van der Waals surface area contributed by atoms with Crippen LogP contribution in [-0.4, -0.2) is 88.9 Å². The van der Waals surface area contributed by atoms with Gasteiger partial charge in [-0.05, 0) is 52.4 Å². The van der Waals surface area contributed by atoms with Crippen LogP contribution in [0.2, 0.25) is 0 Å². The summed E-state index contributed by atoms with van der Waals surface area (Å²) in [6.45, 7) is 11.8. The third kappa shape index (κ3) is 13.7. The van der Waals surface area contributed by atoms with Gasteiger partial charge in [0, 0.05) is 46.4 Å². The molecule has 7 heteroatoms. The fourth-order valence-corrected chi connectivity index (χ4v) is 2.78. The number of halogens is 1. The summed E-state index contributed by atoms with van der Waals surface area (Å²) in [5, 5.41) is 6.76. The lowest BCUT2D eigenvalue weighted by molar-refractivity contribution is 0.129. The Morgan fingerprint density at radius 1 is 1.00 bits per heavy atom. The third-order valence-corrected chi connectivity index (χ3v) is 4.38. The summed E-state index contributed by atoms with van der Waals surface area (Å²) >= 11 is 0. The molecule has 0 spiro atoms. The average molecular weight is 469 g/mol. The van der Waals surface area contributed by atoms with Crippen LogP contribution in [0.5, 0.6) is 0 Å². The molecule has 25 heavy (non-hydrogen) atoms. The average Bonchev–Trinajstić information content (AvgIpc) is 2.80. The van der Waals surface area contributed by atoms with Gasteiger partial charge in [0.15, 0.2) is 5.96 Å². The summed E-state index contributed by atoms with van der Waals surface area (Å²) in [6, 6.07) is 0. The fourth-order valence-electron chi connectivity index (χ4n) is 2.78. The van der Waals surface area contributed by atoms with Crippen molar-refractivity contribution in [3.05, 3.63) is 0 Å². The van der Waals surface area contributed by atoms with Gasteiger partial charge in [0.05, 0.1) is 0 Å². The minimum absolute atomic E-state index is 0. The number of guanidine groups is 1. The maximum Gasteiger partial charge on any atom is 0.190 e. The number of hydrogen-bond acceptors (Lipinski definition) is 4. The minimum Gasteiger partial charge on any atom is -0.381 e. The Bertz CT molecular complexity index is 331. The van der Waals surface area contributed by atoms with Gasteiger partial charge in [0.2, 0.25) is 0 Å². The number of nitrogens with zero attached hydrogens (tertiary/aromatic N) is 3. The Morgan fingerprint density at radius 2 is 1.72 bits per heavy atom. The molecular weight excluding hydrogens is 429 g/mol. The number of unbranched alkanes of at least 4 members (excludes halogenated alkanes) is 1. The maximum absolute atomic E-state index is 5.56. The van der Waals surface area contributed by atoms with Crippen molar-refractivity contribution in [3.8, 4) is 0 Å². The summed E-state index contributed by atoms with van der Waals surface area (Å²) in [5.74, 6) is 0.902. The predicted octanol–water partition coefficient (Wildman–Crippen LogP) is 2.00. The quantitative estimate of drug-likeness (QED) is 0.210. The van der Waals surface area contributed by atoms with Crippen LogP contribution in [0.4, 0.5) is 0 Å². The van der Waals surface area contributed by atoms with Crippen LogP contribution < -0.4 is 10.6 Å². The van der Waals surface area contributed by atoms with Gasteiger partial charge < -0.3 is 25.2 Å². The topological polar surface area (TPSA) is 52.1 Å². The van der Waals surface area contributed by atoms with E-state index in [9.17, 15) is 0 Å². The van der Waals surface area contributed by atoms with Crippen molar-refractivity contribution in [1.82, 2.24) is 20.4 Å². The molecule has 1 fully saturated rings. The van der Waals surface area contributed by atoms with Crippen molar-refractivity contribution in [2.45, 2.75) is 39.0 Å². The minimum atomic E-state index is 0. The second kappa shape index (κ2) is 17.3. The highest BCUT2D eigenvalue weighted by molar-refractivity contribution is 14.0. The summed E-state index contributed by atoms with van der Waals surface area (Å²) in [4.78, 5) is 9.28. The summed E-state index contributed by atoms with van der Waals surface area (Å²) in [7, 11) is 4.05. The van der Waals surface area contributed by atoms with Gasteiger partial charge in [-0.1, -0.05) is 13.3 Å². The summed E-state index contributed by atoms with van der Waals surface area (Å²) < 4.78 is 5.56. The molecule has 0 saturated carbocycles. The first-order valence-electron chi connectivity index (χ1n) is 9.69. The van der Waals surface area contributed by atoms with E-state index >= 15 is 0 Å². The molecule has 2 N–H and O–H groups in total. The molecular formula is C18H40IN5O. The van der Waals surface area contributed by atoms with Gasteiger partial charge in [-0.3, -0.25) is 4.99 Å². The highest BCUT2D eigenvalue weighted by Crippen LogP contribution is 2.01. The zero-order chi connectivity index (χ0) is 17.5. The van der Waals surface area contributed by atoms with Crippen molar-refractivity contribution in [2.75, 3.05) is 73.1 Å². The van der Waals surface area contributed by atoms with E-state index in [0.29, 0.717) is 0 Å². The molecule has 0 bridgehead atoms. The predicted molar refractivity (Wildman–Crippen MR) is 118 cm³/mol. The molecule has 0 radical (unpaired) electrons. The maximum atomic E-state index is 5.56. The van der Waals surface area contributed by atoms with Crippen LogP contribution in [0.15, 0.2) is 4.99 Å². The number of aliphatic imine (C=N–C) groups is 1. The molecule has 0 aromatic carbocycles. The van der Waals surface area contributed by atoms with Gasteiger partial charge >= 0.3 is 0 Å². The number of likely N-dealkylation sites (N-methyl/N-ethyl adjacent to an activating group) is 1. The molecule has 0 amide bonds. The van der Waals surface area contributed by atoms with E-state index in [0.717, 1.165) is 51.5 Å². The van der Waals surface area contributed by atoms with Crippen molar-refractivity contribution in [2.24, 2.45) is 4.99 Å². The molecule has 150 valence electrons. The van der Waals surface area contributed by atoms with Crippen molar-refractivity contribution >= 4 is 29.9 Å². The van der Waals surface area contributed by atoms with Gasteiger partial charge in [0.25, 0.3) is 0 Å². The first kappa shape index (κ1) is 24.9. The molecule has 1 saturated heterocycles. The van der Waals surface area contributed by atoms with E-state index in [4.69, 9.17) is 4.74 Å². The smallest absolute Gasteiger partial charge is 0.190 e.